The van der Waals surface area contributed by atoms with E-state index < -0.39 is 11.4 Å². The summed E-state index contributed by atoms with van der Waals surface area (Å²) in [6.07, 6.45) is 3.45. The number of nitrogens with one attached hydrogen (secondary N) is 2. The molecular weight excluding hydrogens is 406 g/mol. The Hall–Kier alpha value is -3.40. The lowest BCUT2D eigenvalue weighted by atomic mass is 10.0. The van der Waals surface area contributed by atoms with E-state index in [1.807, 2.05) is 46.0 Å². The van der Waals surface area contributed by atoms with E-state index in [4.69, 9.17) is 5.84 Å². The maximum absolute atomic E-state index is 12.4. The SMILES string of the molecule is Cc1cc(-c2ncncc2N2CCNCC2)ccc1CNC(=O)/C(N=NC(C)(C)C)=N/N. The number of hydrogen-bond donors (Lipinski definition) is 3. The number of azo groups is 1. The number of carbonyl (C=O) groups excluding carboxylic acids is 1. The minimum Gasteiger partial charge on any atom is -0.366 e. The van der Waals surface area contributed by atoms with Crippen LogP contribution in [0.15, 0.2) is 46.1 Å². The number of hydrazone groups is 1. The van der Waals surface area contributed by atoms with Gasteiger partial charge in [-0.3, -0.25) is 4.79 Å². The van der Waals surface area contributed by atoms with Gasteiger partial charge in [-0.05, 0) is 44.9 Å². The molecule has 1 aromatic heterocycles. The highest BCUT2D eigenvalue weighted by atomic mass is 16.2. The van der Waals surface area contributed by atoms with E-state index in [9.17, 15) is 4.79 Å². The Morgan fingerprint density at radius 2 is 2.03 bits per heavy atom. The second kappa shape index (κ2) is 10.3. The average Bonchev–Trinajstić information content (AvgIpc) is 2.78. The average molecular weight is 438 g/mol. The Morgan fingerprint density at radius 3 is 2.69 bits per heavy atom. The molecule has 0 saturated carbocycles. The number of aromatic nitrogens is 2. The topological polar surface area (TPSA) is 133 Å². The Bertz CT molecular complexity index is 1000. The smallest absolute Gasteiger partial charge is 0.292 e. The van der Waals surface area contributed by atoms with Gasteiger partial charge in [-0.15, -0.1) is 5.11 Å². The van der Waals surface area contributed by atoms with Crippen LogP contribution in [-0.4, -0.2) is 53.4 Å². The molecule has 1 amide bonds. The maximum Gasteiger partial charge on any atom is 0.292 e. The van der Waals surface area contributed by atoms with Gasteiger partial charge in [-0.2, -0.15) is 10.2 Å². The first-order chi connectivity index (χ1) is 15.3. The van der Waals surface area contributed by atoms with Crippen molar-refractivity contribution in [1.29, 1.82) is 0 Å². The first kappa shape index (κ1) is 23.3. The van der Waals surface area contributed by atoms with Gasteiger partial charge < -0.3 is 21.4 Å². The first-order valence-electron chi connectivity index (χ1n) is 10.6. The third-order valence-electron chi connectivity index (χ3n) is 4.98. The van der Waals surface area contributed by atoms with Gasteiger partial charge in [-0.1, -0.05) is 12.1 Å². The van der Waals surface area contributed by atoms with Crippen LogP contribution < -0.4 is 21.4 Å². The molecule has 1 fully saturated rings. The lowest BCUT2D eigenvalue weighted by molar-refractivity contribution is -0.115. The van der Waals surface area contributed by atoms with Crippen molar-refractivity contribution in [3.63, 3.8) is 0 Å². The van der Waals surface area contributed by atoms with Gasteiger partial charge in [-0.25, -0.2) is 9.97 Å². The van der Waals surface area contributed by atoms with Crippen molar-refractivity contribution in [2.24, 2.45) is 21.2 Å². The van der Waals surface area contributed by atoms with Gasteiger partial charge in [0.1, 0.15) is 6.33 Å². The van der Waals surface area contributed by atoms with E-state index in [2.05, 4.69) is 46.9 Å². The van der Waals surface area contributed by atoms with Gasteiger partial charge >= 0.3 is 0 Å². The second-order valence-corrected chi connectivity index (χ2v) is 8.64. The molecule has 1 aliphatic heterocycles. The number of piperazine rings is 1. The van der Waals surface area contributed by atoms with Crippen molar-refractivity contribution in [1.82, 2.24) is 20.6 Å². The number of nitrogens with two attached hydrogens (primary N) is 1. The maximum atomic E-state index is 12.4. The summed E-state index contributed by atoms with van der Waals surface area (Å²) in [5.41, 5.74) is 4.53. The normalized spacial score (nSPS) is 15.2. The Morgan fingerprint density at radius 1 is 1.28 bits per heavy atom. The molecule has 170 valence electrons. The van der Waals surface area contributed by atoms with Crippen molar-refractivity contribution in [3.8, 4) is 11.3 Å². The zero-order valence-electron chi connectivity index (χ0n) is 19.1. The highest BCUT2D eigenvalue weighted by Crippen LogP contribution is 2.29. The predicted molar refractivity (Wildman–Crippen MR) is 125 cm³/mol. The summed E-state index contributed by atoms with van der Waals surface area (Å²) in [7, 11) is 0. The molecule has 0 bridgehead atoms. The molecule has 0 radical (unpaired) electrons. The van der Waals surface area contributed by atoms with Crippen LogP contribution in [0, 0.1) is 6.92 Å². The molecule has 10 nitrogen and oxygen atoms in total. The molecule has 1 saturated heterocycles. The number of amidine groups is 1. The van der Waals surface area contributed by atoms with Crippen molar-refractivity contribution in [2.45, 2.75) is 39.8 Å². The molecule has 0 aliphatic carbocycles. The minimum atomic E-state index is -0.472. The fourth-order valence-corrected chi connectivity index (χ4v) is 3.31. The lowest BCUT2D eigenvalue weighted by Crippen LogP contribution is -2.43. The highest BCUT2D eigenvalue weighted by Gasteiger charge is 2.18. The summed E-state index contributed by atoms with van der Waals surface area (Å²) in [4.78, 5) is 23.5. The van der Waals surface area contributed by atoms with E-state index >= 15 is 0 Å². The molecule has 1 aliphatic rings. The molecule has 4 N–H and O–H groups in total. The van der Waals surface area contributed by atoms with Crippen LogP contribution in [0.5, 0.6) is 0 Å². The fourth-order valence-electron chi connectivity index (χ4n) is 3.31. The zero-order valence-corrected chi connectivity index (χ0v) is 19.1. The summed E-state index contributed by atoms with van der Waals surface area (Å²) in [6, 6.07) is 6.08. The van der Waals surface area contributed by atoms with Gasteiger partial charge in [0.2, 0.25) is 0 Å². The van der Waals surface area contributed by atoms with Gasteiger partial charge in [0.25, 0.3) is 11.7 Å². The van der Waals surface area contributed by atoms with E-state index in [0.29, 0.717) is 6.54 Å². The highest BCUT2D eigenvalue weighted by molar-refractivity contribution is 6.38. The van der Waals surface area contributed by atoms with Crippen molar-refractivity contribution < 1.29 is 4.79 Å². The number of amides is 1. The molecule has 32 heavy (non-hydrogen) atoms. The van der Waals surface area contributed by atoms with Crippen LogP contribution >= 0.6 is 0 Å². The first-order valence-corrected chi connectivity index (χ1v) is 10.6. The minimum absolute atomic E-state index is 0.157. The summed E-state index contributed by atoms with van der Waals surface area (Å²) < 4.78 is 0. The molecule has 0 spiro atoms. The van der Waals surface area contributed by atoms with Crippen LogP contribution in [0.4, 0.5) is 5.69 Å². The summed E-state index contributed by atoms with van der Waals surface area (Å²) in [5.74, 6) is 4.69. The number of aryl methyl sites for hydroxylation is 1. The van der Waals surface area contributed by atoms with Crippen LogP contribution in [0.25, 0.3) is 11.3 Å². The lowest BCUT2D eigenvalue weighted by Gasteiger charge is -2.30. The standard InChI is InChI=1S/C22H31N9O/c1-15-11-16(19-18(13-25-14-27-19)31-9-7-24-8-10-31)5-6-17(15)12-26-21(32)20(28-23)29-30-22(2,3)4/h5-6,11,13-14,24H,7-10,12,23H2,1-4H3,(H,26,32)/b28-20-,30-29?. The van der Waals surface area contributed by atoms with Crippen LogP contribution in [-0.2, 0) is 11.3 Å². The van der Waals surface area contributed by atoms with Crippen molar-refractivity contribution in [2.75, 3.05) is 31.1 Å². The number of nitrogens with zero attached hydrogens (tertiary/aromatic N) is 6. The van der Waals surface area contributed by atoms with Crippen LogP contribution in [0.2, 0.25) is 0 Å². The largest absolute Gasteiger partial charge is 0.366 e. The third-order valence-corrected chi connectivity index (χ3v) is 4.98. The number of carbonyl (C=O) groups is 1. The molecule has 10 heteroatoms. The predicted octanol–water partition coefficient (Wildman–Crippen LogP) is 2.00. The van der Waals surface area contributed by atoms with Crippen LogP contribution in [0.1, 0.15) is 31.9 Å². The molecule has 1 aromatic carbocycles. The van der Waals surface area contributed by atoms with Crippen LogP contribution in [0.3, 0.4) is 0 Å². The van der Waals surface area contributed by atoms with Crippen molar-refractivity contribution in [3.05, 3.63) is 41.9 Å². The Labute approximate surface area is 188 Å². The molecule has 0 atom stereocenters. The number of hydrogen-bond acceptors (Lipinski definition) is 8. The molecule has 0 unspecified atom stereocenters. The summed E-state index contributed by atoms with van der Waals surface area (Å²) in [5, 5.41) is 17.5. The summed E-state index contributed by atoms with van der Waals surface area (Å²) >= 11 is 0. The van der Waals surface area contributed by atoms with Gasteiger partial charge in [0.15, 0.2) is 0 Å². The van der Waals surface area contributed by atoms with Crippen molar-refractivity contribution >= 4 is 17.4 Å². The summed E-state index contributed by atoms with van der Waals surface area (Å²) in [6.45, 7) is 11.7. The van der Waals surface area contributed by atoms with E-state index in [-0.39, 0.29) is 5.84 Å². The monoisotopic (exact) mass is 437 g/mol. The Balaban J connectivity index is 1.73. The van der Waals surface area contributed by atoms with Gasteiger partial charge in [0, 0.05) is 38.3 Å². The molecular formula is C22H31N9O. The van der Waals surface area contributed by atoms with E-state index in [0.717, 1.165) is 54.3 Å². The fraction of sp³-hybridized carbons (Fsp3) is 0.455. The number of benzene rings is 1. The number of rotatable bonds is 4. The molecule has 3 rings (SSSR count). The van der Waals surface area contributed by atoms with E-state index in [1.165, 1.54) is 0 Å². The Kier molecular flexibility index (Phi) is 7.47. The number of anilines is 1. The second-order valence-electron chi connectivity index (χ2n) is 8.64. The van der Waals surface area contributed by atoms with Gasteiger partial charge in [0.05, 0.1) is 23.1 Å². The third kappa shape index (κ3) is 6.07. The quantitative estimate of drug-likeness (QED) is 0.220. The molecule has 2 heterocycles. The molecule has 2 aromatic rings. The zero-order chi connectivity index (χ0) is 23.1. The van der Waals surface area contributed by atoms with E-state index in [1.54, 1.807) is 6.33 Å².